The van der Waals surface area contributed by atoms with Crippen LogP contribution in [0.4, 0.5) is 0 Å². The third kappa shape index (κ3) is 2.81. The molecule has 0 fully saturated rings. The maximum atomic E-state index is 11.3. The van der Waals surface area contributed by atoms with E-state index in [2.05, 4.69) is 43.9 Å². The molecular weight excluding hydrogens is 238 g/mol. The van der Waals surface area contributed by atoms with E-state index in [-0.39, 0.29) is 11.5 Å². The second-order valence-electron chi connectivity index (χ2n) is 6.40. The molecule has 104 valence electrons. The van der Waals surface area contributed by atoms with Crippen LogP contribution >= 0.6 is 0 Å². The van der Waals surface area contributed by atoms with Crippen molar-refractivity contribution in [1.82, 2.24) is 4.90 Å². The number of carbonyl (C=O) groups is 1. The first-order chi connectivity index (χ1) is 8.82. The summed E-state index contributed by atoms with van der Waals surface area (Å²) in [5, 5.41) is 9.25. The first-order valence-corrected chi connectivity index (χ1v) is 6.92. The van der Waals surface area contributed by atoms with Gasteiger partial charge in [0.15, 0.2) is 0 Å². The maximum Gasteiger partial charge on any atom is 0.320 e. The largest absolute Gasteiger partial charge is 0.480 e. The zero-order chi connectivity index (χ0) is 14.2. The number of hydrogen-bond donors (Lipinski definition) is 1. The summed E-state index contributed by atoms with van der Waals surface area (Å²) in [5.41, 5.74) is 4.01. The van der Waals surface area contributed by atoms with Gasteiger partial charge in [0.25, 0.3) is 0 Å². The van der Waals surface area contributed by atoms with Gasteiger partial charge in [-0.3, -0.25) is 9.69 Å². The summed E-state index contributed by atoms with van der Waals surface area (Å²) in [7, 11) is 0. The third-order valence-electron chi connectivity index (χ3n) is 3.93. The van der Waals surface area contributed by atoms with Gasteiger partial charge >= 0.3 is 5.97 Å². The zero-order valence-corrected chi connectivity index (χ0v) is 12.2. The van der Waals surface area contributed by atoms with Crippen molar-refractivity contribution < 1.29 is 9.90 Å². The van der Waals surface area contributed by atoms with E-state index in [1.165, 1.54) is 16.7 Å². The van der Waals surface area contributed by atoms with Gasteiger partial charge in [-0.1, -0.05) is 45.9 Å². The summed E-state index contributed by atoms with van der Waals surface area (Å²) >= 11 is 0. The van der Waals surface area contributed by atoms with Gasteiger partial charge in [-0.05, 0) is 28.5 Å². The topological polar surface area (TPSA) is 40.5 Å². The number of hydrogen-bond acceptors (Lipinski definition) is 2. The van der Waals surface area contributed by atoms with E-state index >= 15 is 0 Å². The van der Waals surface area contributed by atoms with Gasteiger partial charge < -0.3 is 5.11 Å². The highest BCUT2D eigenvalue weighted by molar-refractivity contribution is 5.73. The van der Waals surface area contributed by atoms with Crippen LogP contribution in [0.2, 0.25) is 0 Å². The number of carboxylic acid groups (broad SMARTS) is 1. The number of fused-ring (bicyclic) bond motifs is 1. The van der Waals surface area contributed by atoms with Gasteiger partial charge in [0, 0.05) is 13.1 Å². The Kier molecular flexibility index (Phi) is 3.68. The summed E-state index contributed by atoms with van der Waals surface area (Å²) in [6.45, 7) is 10.0. The molecule has 1 heterocycles. The first-order valence-electron chi connectivity index (χ1n) is 6.92. The highest BCUT2D eigenvalue weighted by Gasteiger charge is 2.30. The van der Waals surface area contributed by atoms with Gasteiger partial charge in [0.05, 0.1) is 0 Å². The number of benzene rings is 1. The van der Waals surface area contributed by atoms with Crippen LogP contribution in [0, 0.1) is 0 Å². The standard InChI is InChI=1S/C16H23NO2/c1-5-14(15(18)19)17-9-11-6-7-13(16(2,3)4)8-12(11)10-17/h6-8,14H,5,9-10H2,1-4H3,(H,18,19). The normalized spacial score (nSPS) is 17.3. The van der Waals surface area contributed by atoms with Crippen molar-refractivity contribution in [2.24, 2.45) is 0 Å². The molecule has 0 saturated heterocycles. The summed E-state index contributed by atoms with van der Waals surface area (Å²) in [6.07, 6.45) is 0.648. The van der Waals surface area contributed by atoms with Gasteiger partial charge in [0.1, 0.15) is 6.04 Å². The lowest BCUT2D eigenvalue weighted by molar-refractivity contribution is -0.143. The molecule has 1 atom stereocenters. The fourth-order valence-corrected chi connectivity index (χ4v) is 2.70. The third-order valence-corrected chi connectivity index (χ3v) is 3.93. The lowest BCUT2D eigenvalue weighted by atomic mass is 9.85. The number of rotatable bonds is 3. The summed E-state index contributed by atoms with van der Waals surface area (Å²) < 4.78 is 0. The zero-order valence-electron chi connectivity index (χ0n) is 12.2. The van der Waals surface area contributed by atoms with Crippen LogP contribution in [0.5, 0.6) is 0 Å². The van der Waals surface area contributed by atoms with E-state index in [4.69, 9.17) is 0 Å². The van der Waals surface area contributed by atoms with E-state index in [0.717, 1.165) is 13.1 Å². The molecule has 0 aromatic heterocycles. The average Bonchev–Trinajstić information content (AvgIpc) is 2.70. The van der Waals surface area contributed by atoms with Crippen LogP contribution in [0.1, 0.15) is 50.8 Å². The number of nitrogens with zero attached hydrogens (tertiary/aromatic N) is 1. The summed E-state index contributed by atoms with van der Waals surface area (Å²) in [5.74, 6) is -0.716. The molecule has 0 saturated carbocycles. The van der Waals surface area contributed by atoms with Crippen molar-refractivity contribution in [3.63, 3.8) is 0 Å². The smallest absolute Gasteiger partial charge is 0.320 e. The molecule has 3 nitrogen and oxygen atoms in total. The minimum absolute atomic E-state index is 0.138. The molecule has 0 amide bonds. The van der Waals surface area contributed by atoms with Gasteiger partial charge in [-0.15, -0.1) is 0 Å². The van der Waals surface area contributed by atoms with Crippen molar-refractivity contribution in [3.05, 3.63) is 34.9 Å². The molecule has 0 bridgehead atoms. The monoisotopic (exact) mass is 261 g/mol. The molecule has 3 heteroatoms. The molecule has 1 aliphatic rings. The molecule has 1 aromatic rings. The van der Waals surface area contributed by atoms with E-state index in [1.54, 1.807) is 0 Å². The SMILES string of the molecule is CCC(C(=O)O)N1Cc2ccc(C(C)(C)C)cc2C1. The maximum absolute atomic E-state index is 11.3. The quantitative estimate of drug-likeness (QED) is 0.908. The van der Waals surface area contributed by atoms with Crippen LogP contribution < -0.4 is 0 Å². The predicted octanol–water partition coefficient (Wildman–Crippen LogP) is 3.16. The van der Waals surface area contributed by atoms with Crippen molar-refractivity contribution in [2.75, 3.05) is 0 Å². The van der Waals surface area contributed by atoms with Crippen LogP contribution in [0.3, 0.4) is 0 Å². The second kappa shape index (κ2) is 4.97. The Balaban J connectivity index is 2.23. The Labute approximate surface area is 115 Å². The highest BCUT2D eigenvalue weighted by atomic mass is 16.4. The second-order valence-corrected chi connectivity index (χ2v) is 6.40. The van der Waals surface area contributed by atoms with Crippen molar-refractivity contribution in [2.45, 2.75) is 58.7 Å². The number of carboxylic acids is 1. The number of aliphatic carboxylic acids is 1. The molecule has 19 heavy (non-hydrogen) atoms. The van der Waals surface area contributed by atoms with Crippen LogP contribution in [0.15, 0.2) is 18.2 Å². The molecule has 1 N–H and O–H groups in total. The van der Waals surface area contributed by atoms with E-state index in [9.17, 15) is 9.90 Å². The van der Waals surface area contributed by atoms with Crippen molar-refractivity contribution in [1.29, 1.82) is 0 Å². The molecule has 0 radical (unpaired) electrons. The lowest BCUT2D eigenvalue weighted by Gasteiger charge is -2.22. The Bertz CT molecular complexity index is 488. The van der Waals surface area contributed by atoms with Gasteiger partial charge in [0.2, 0.25) is 0 Å². The van der Waals surface area contributed by atoms with Gasteiger partial charge in [-0.25, -0.2) is 0 Å². The predicted molar refractivity (Wildman–Crippen MR) is 76.1 cm³/mol. The van der Waals surface area contributed by atoms with E-state index in [0.29, 0.717) is 6.42 Å². The Morgan fingerprint density at radius 1 is 1.32 bits per heavy atom. The van der Waals surface area contributed by atoms with E-state index < -0.39 is 5.97 Å². The van der Waals surface area contributed by atoms with Crippen LogP contribution in [-0.4, -0.2) is 22.0 Å². The van der Waals surface area contributed by atoms with Crippen molar-refractivity contribution >= 4 is 5.97 Å². The average molecular weight is 261 g/mol. The molecule has 0 aliphatic carbocycles. The molecule has 0 spiro atoms. The molecule has 1 unspecified atom stereocenters. The van der Waals surface area contributed by atoms with E-state index in [1.807, 2.05) is 6.92 Å². The highest BCUT2D eigenvalue weighted by Crippen LogP contribution is 2.30. The fourth-order valence-electron chi connectivity index (χ4n) is 2.70. The summed E-state index contributed by atoms with van der Waals surface area (Å²) in [6, 6.07) is 6.20. The molecular formula is C16H23NO2. The van der Waals surface area contributed by atoms with Crippen LogP contribution in [0.25, 0.3) is 0 Å². The lowest BCUT2D eigenvalue weighted by Crippen LogP contribution is -2.36. The Morgan fingerprint density at radius 3 is 2.47 bits per heavy atom. The minimum Gasteiger partial charge on any atom is -0.480 e. The molecule has 1 aromatic carbocycles. The Hall–Kier alpha value is -1.35. The first kappa shape index (κ1) is 14.1. The molecule has 2 rings (SSSR count). The fraction of sp³-hybridized carbons (Fsp3) is 0.562. The van der Waals surface area contributed by atoms with Gasteiger partial charge in [-0.2, -0.15) is 0 Å². The minimum atomic E-state index is -0.716. The van der Waals surface area contributed by atoms with Crippen LogP contribution in [-0.2, 0) is 23.3 Å². The summed E-state index contributed by atoms with van der Waals surface area (Å²) in [4.78, 5) is 13.3. The molecule has 1 aliphatic heterocycles. The van der Waals surface area contributed by atoms with Crippen molar-refractivity contribution in [3.8, 4) is 0 Å². The Morgan fingerprint density at radius 2 is 1.95 bits per heavy atom.